The van der Waals surface area contributed by atoms with E-state index < -0.39 is 5.97 Å². The van der Waals surface area contributed by atoms with E-state index in [4.69, 9.17) is 4.74 Å². The van der Waals surface area contributed by atoms with E-state index in [-0.39, 0.29) is 18.6 Å². The summed E-state index contributed by atoms with van der Waals surface area (Å²) >= 11 is 0. The van der Waals surface area contributed by atoms with Crippen molar-refractivity contribution in [2.24, 2.45) is 7.05 Å². The first-order valence-corrected chi connectivity index (χ1v) is 10.1. The summed E-state index contributed by atoms with van der Waals surface area (Å²) in [5, 5.41) is 7.20. The number of nitrogens with zero attached hydrogens (tertiary/aromatic N) is 2. The van der Waals surface area contributed by atoms with Gasteiger partial charge < -0.3 is 10.1 Å². The fraction of sp³-hybridized carbons (Fsp3) is 0.435. The molecule has 0 spiro atoms. The largest absolute Gasteiger partial charge is 0.452 e. The number of aryl methyl sites for hydroxylation is 4. The Morgan fingerprint density at radius 1 is 1.24 bits per heavy atom. The summed E-state index contributed by atoms with van der Waals surface area (Å²) < 4.78 is 6.83. The molecule has 0 saturated carbocycles. The Bertz CT molecular complexity index is 943. The molecule has 1 aliphatic rings. The van der Waals surface area contributed by atoms with E-state index in [1.165, 1.54) is 30.0 Å². The first-order valence-electron chi connectivity index (χ1n) is 10.1. The molecule has 1 aromatic carbocycles. The standard InChI is InChI=1S/C23H29N3O3/c1-15(19-10-9-18-7-5-6-8-20(18)13-19)24-22(27)14-29-23(28)12-11-21-16(2)25-26(4)17(21)3/h9-13,15H,5-8,14H2,1-4H3,(H,24,27)/b12-11+/t15-/m1/s1. The smallest absolute Gasteiger partial charge is 0.331 e. The molecule has 0 aliphatic heterocycles. The number of aromatic nitrogens is 2. The Hall–Kier alpha value is -2.89. The van der Waals surface area contributed by atoms with E-state index in [2.05, 4.69) is 28.6 Å². The van der Waals surface area contributed by atoms with Gasteiger partial charge in [0.05, 0.1) is 11.7 Å². The number of carbonyl (C=O) groups is 2. The van der Waals surface area contributed by atoms with Crippen LogP contribution >= 0.6 is 0 Å². The molecular formula is C23H29N3O3. The van der Waals surface area contributed by atoms with Crippen LogP contribution in [0.25, 0.3) is 6.08 Å². The van der Waals surface area contributed by atoms with Gasteiger partial charge in [0.15, 0.2) is 6.61 Å². The van der Waals surface area contributed by atoms with Crippen LogP contribution < -0.4 is 5.32 Å². The van der Waals surface area contributed by atoms with E-state index in [0.717, 1.165) is 35.4 Å². The molecule has 29 heavy (non-hydrogen) atoms. The molecule has 0 saturated heterocycles. The molecule has 1 aliphatic carbocycles. The van der Waals surface area contributed by atoms with Gasteiger partial charge in [0, 0.05) is 24.4 Å². The van der Waals surface area contributed by atoms with Gasteiger partial charge in [-0.25, -0.2) is 4.79 Å². The highest BCUT2D eigenvalue weighted by Gasteiger charge is 2.15. The number of rotatable bonds is 6. The highest BCUT2D eigenvalue weighted by atomic mass is 16.5. The average Bonchev–Trinajstić information content (AvgIpc) is 2.95. The third-order valence-corrected chi connectivity index (χ3v) is 5.55. The molecule has 1 heterocycles. The molecule has 6 heteroatoms. The van der Waals surface area contributed by atoms with Crippen LogP contribution in [0.15, 0.2) is 24.3 Å². The predicted octanol–water partition coefficient (Wildman–Crippen LogP) is 3.35. The maximum absolute atomic E-state index is 12.2. The molecule has 1 aromatic heterocycles. The van der Waals surface area contributed by atoms with E-state index in [1.807, 2.05) is 27.8 Å². The molecule has 3 rings (SSSR count). The van der Waals surface area contributed by atoms with Gasteiger partial charge in [0.1, 0.15) is 0 Å². The summed E-state index contributed by atoms with van der Waals surface area (Å²) in [5.41, 5.74) is 6.56. The molecule has 6 nitrogen and oxygen atoms in total. The van der Waals surface area contributed by atoms with Gasteiger partial charge in [0.2, 0.25) is 0 Å². The van der Waals surface area contributed by atoms with Crippen LogP contribution in [0, 0.1) is 13.8 Å². The minimum absolute atomic E-state index is 0.135. The van der Waals surface area contributed by atoms with Gasteiger partial charge in [-0.3, -0.25) is 9.48 Å². The van der Waals surface area contributed by atoms with Crippen molar-refractivity contribution in [3.05, 3.63) is 57.9 Å². The van der Waals surface area contributed by atoms with Crippen molar-refractivity contribution in [1.82, 2.24) is 15.1 Å². The maximum Gasteiger partial charge on any atom is 0.331 e. The number of esters is 1. The van der Waals surface area contributed by atoms with Crippen LogP contribution in [0.3, 0.4) is 0 Å². The second-order valence-corrected chi connectivity index (χ2v) is 7.67. The SMILES string of the molecule is Cc1nn(C)c(C)c1/C=C/C(=O)OCC(=O)N[C@H](C)c1ccc2c(c1)CCCC2. The molecular weight excluding hydrogens is 366 g/mol. The zero-order chi connectivity index (χ0) is 21.0. The fourth-order valence-electron chi connectivity index (χ4n) is 3.76. The monoisotopic (exact) mass is 395 g/mol. The van der Waals surface area contributed by atoms with Crippen molar-refractivity contribution in [3.8, 4) is 0 Å². The number of nitrogens with one attached hydrogen (secondary N) is 1. The Balaban J connectivity index is 1.50. The van der Waals surface area contributed by atoms with Crippen molar-refractivity contribution in [3.63, 3.8) is 0 Å². The average molecular weight is 396 g/mol. The number of fused-ring (bicyclic) bond motifs is 1. The number of carbonyl (C=O) groups excluding carboxylic acids is 2. The summed E-state index contributed by atoms with van der Waals surface area (Å²) in [4.78, 5) is 24.1. The minimum atomic E-state index is -0.552. The van der Waals surface area contributed by atoms with Crippen LogP contribution in [0.4, 0.5) is 0 Å². The third-order valence-electron chi connectivity index (χ3n) is 5.55. The van der Waals surface area contributed by atoms with Gasteiger partial charge in [0.25, 0.3) is 5.91 Å². The van der Waals surface area contributed by atoms with Crippen molar-refractivity contribution in [2.45, 2.75) is 52.5 Å². The summed E-state index contributed by atoms with van der Waals surface area (Å²) in [7, 11) is 1.85. The Morgan fingerprint density at radius 3 is 2.66 bits per heavy atom. The predicted molar refractivity (Wildman–Crippen MR) is 112 cm³/mol. The number of amides is 1. The number of benzene rings is 1. The van der Waals surface area contributed by atoms with Crippen molar-refractivity contribution >= 4 is 18.0 Å². The third kappa shape index (κ3) is 5.13. The Labute approximate surface area is 171 Å². The lowest BCUT2D eigenvalue weighted by Gasteiger charge is -2.20. The molecule has 1 N–H and O–H groups in total. The van der Waals surface area contributed by atoms with E-state index >= 15 is 0 Å². The van der Waals surface area contributed by atoms with Crippen LogP contribution in [0.1, 0.15) is 59.4 Å². The second-order valence-electron chi connectivity index (χ2n) is 7.67. The first-order chi connectivity index (χ1) is 13.8. The molecule has 1 amide bonds. The number of hydrogen-bond acceptors (Lipinski definition) is 4. The van der Waals surface area contributed by atoms with E-state index in [1.54, 1.807) is 10.8 Å². The Kier molecular flexibility index (Phi) is 6.52. The lowest BCUT2D eigenvalue weighted by atomic mass is 9.89. The van der Waals surface area contributed by atoms with E-state index in [9.17, 15) is 9.59 Å². The van der Waals surface area contributed by atoms with Crippen LogP contribution in [-0.4, -0.2) is 28.3 Å². The lowest BCUT2D eigenvalue weighted by molar-refractivity contribution is -0.144. The molecule has 0 unspecified atom stereocenters. The van der Waals surface area contributed by atoms with Crippen LogP contribution in [0.2, 0.25) is 0 Å². The van der Waals surface area contributed by atoms with Crippen molar-refractivity contribution in [2.75, 3.05) is 6.61 Å². The van der Waals surface area contributed by atoms with Crippen molar-refractivity contribution < 1.29 is 14.3 Å². The summed E-state index contributed by atoms with van der Waals surface area (Å²) in [6, 6.07) is 6.29. The fourth-order valence-corrected chi connectivity index (χ4v) is 3.76. The van der Waals surface area contributed by atoms with Crippen LogP contribution in [0.5, 0.6) is 0 Å². The summed E-state index contributed by atoms with van der Waals surface area (Å²) in [6.07, 6.45) is 7.71. The van der Waals surface area contributed by atoms with E-state index in [0.29, 0.717) is 0 Å². The molecule has 2 aromatic rings. The number of ether oxygens (including phenoxy) is 1. The molecule has 1 atom stereocenters. The highest BCUT2D eigenvalue weighted by Crippen LogP contribution is 2.24. The minimum Gasteiger partial charge on any atom is -0.452 e. The first kappa shape index (κ1) is 20.8. The van der Waals surface area contributed by atoms with Gasteiger partial charge in [-0.15, -0.1) is 0 Å². The lowest BCUT2D eigenvalue weighted by Crippen LogP contribution is -2.31. The topological polar surface area (TPSA) is 73.2 Å². The zero-order valence-electron chi connectivity index (χ0n) is 17.6. The molecule has 0 bridgehead atoms. The summed E-state index contributed by atoms with van der Waals surface area (Å²) in [5.74, 6) is -0.866. The molecule has 0 fully saturated rings. The quantitative estimate of drug-likeness (QED) is 0.601. The number of hydrogen-bond donors (Lipinski definition) is 1. The molecule has 0 radical (unpaired) electrons. The second kappa shape index (κ2) is 9.07. The van der Waals surface area contributed by atoms with Crippen molar-refractivity contribution in [1.29, 1.82) is 0 Å². The normalized spacial score (nSPS) is 14.5. The molecule has 154 valence electrons. The maximum atomic E-state index is 12.2. The zero-order valence-corrected chi connectivity index (χ0v) is 17.6. The van der Waals surface area contributed by atoms with Gasteiger partial charge in [-0.1, -0.05) is 18.2 Å². The van der Waals surface area contributed by atoms with Gasteiger partial charge >= 0.3 is 5.97 Å². The Morgan fingerprint density at radius 2 is 1.97 bits per heavy atom. The van der Waals surface area contributed by atoms with Gasteiger partial charge in [-0.05, 0) is 69.2 Å². The summed E-state index contributed by atoms with van der Waals surface area (Å²) in [6.45, 7) is 5.45. The van der Waals surface area contributed by atoms with Crippen LogP contribution in [-0.2, 0) is 34.2 Å². The highest BCUT2D eigenvalue weighted by molar-refractivity contribution is 5.89. The van der Waals surface area contributed by atoms with Gasteiger partial charge in [-0.2, -0.15) is 5.10 Å².